The van der Waals surface area contributed by atoms with Gasteiger partial charge in [0.05, 0.1) is 0 Å². The van der Waals surface area contributed by atoms with E-state index < -0.39 is 0 Å². The van der Waals surface area contributed by atoms with Crippen LogP contribution < -0.4 is 5.32 Å². The van der Waals surface area contributed by atoms with Crippen LogP contribution in [0.4, 0.5) is 0 Å². The van der Waals surface area contributed by atoms with Crippen LogP contribution in [0, 0.1) is 5.41 Å². The lowest BCUT2D eigenvalue weighted by atomic mass is 9.84. The smallest absolute Gasteiger partial charge is 0.0500 e. The molecule has 2 nitrogen and oxygen atoms in total. The van der Waals surface area contributed by atoms with E-state index in [9.17, 15) is 0 Å². The van der Waals surface area contributed by atoms with Crippen LogP contribution in [-0.2, 0) is 0 Å². The Hall–Kier alpha value is -0.0800. The highest BCUT2D eigenvalue weighted by molar-refractivity contribution is 4.86. The van der Waals surface area contributed by atoms with Crippen LogP contribution in [0.25, 0.3) is 0 Å². The third-order valence-corrected chi connectivity index (χ3v) is 2.45. The predicted octanol–water partition coefficient (Wildman–Crippen LogP) is 0.759. The molecule has 0 bridgehead atoms. The summed E-state index contributed by atoms with van der Waals surface area (Å²) in [6.45, 7) is 4.63. The van der Waals surface area contributed by atoms with Gasteiger partial charge in [0, 0.05) is 18.6 Å². The first-order valence-electron chi connectivity index (χ1n) is 4.14. The molecule has 0 unspecified atom stereocenters. The van der Waals surface area contributed by atoms with Gasteiger partial charge in [0.1, 0.15) is 0 Å². The van der Waals surface area contributed by atoms with Gasteiger partial charge in [0.25, 0.3) is 0 Å². The van der Waals surface area contributed by atoms with Crippen LogP contribution in [-0.4, -0.2) is 24.8 Å². The molecule has 0 aromatic heterocycles. The zero-order valence-electron chi connectivity index (χ0n) is 6.69. The fourth-order valence-electron chi connectivity index (χ4n) is 1.75. The maximum atomic E-state index is 9.11. The minimum absolute atomic E-state index is 0.231. The third-order valence-electron chi connectivity index (χ3n) is 2.45. The SMILES string of the molecule is CCC[C@]1(CO)CCNC1. The van der Waals surface area contributed by atoms with Gasteiger partial charge in [-0.05, 0) is 19.4 Å². The molecule has 1 fully saturated rings. The second-order valence-corrected chi connectivity index (χ2v) is 3.33. The zero-order valence-corrected chi connectivity index (χ0v) is 6.69. The van der Waals surface area contributed by atoms with Crippen LogP contribution in [0.1, 0.15) is 26.2 Å². The molecule has 0 radical (unpaired) electrons. The van der Waals surface area contributed by atoms with Crippen molar-refractivity contribution in [3.8, 4) is 0 Å². The van der Waals surface area contributed by atoms with Gasteiger partial charge < -0.3 is 10.4 Å². The summed E-state index contributed by atoms with van der Waals surface area (Å²) in [4.78, 5) is 0. The fourth-order valence-corrected chi connectivity index (χ4v) is 1.75. The number of hydrogen-bond acceptors (Lipinski definition) is 2. The first-order chi connectivity index (χ1) is 4.83. The van der Waals surface area contributed by atoms with Gasteiger partial charge in [0.15, 0.2) is 0 Å². The van der Waals surface area contributed by atoms with Gasteiger partial charge in [0.2, 0.25) is 0 Å². The summed E-state index contributed by atoms with van der Waals surface area (Å²) in [6, 6.07) is 0. The van der Waals surface area contributed by atoms with Gasteiger partial charge in [-0.3, -0.25) is 0 Å². The van der Waals surface area contributed by atoms with Gasteiger partial charge in [-0.15, -0.1) is 0 Å². The number of aliphatic hydroxyl groups is 1. The summed E-state index contributed by atoms with van der Waals surface area (Å²) >= 11 is 0. The molecule has 1 saturated heterocycles. The topological polar surface area (TPSA) is 32.3 Å². The molecular weight excluding hydrogens is 126 g/mol. The molecule has 0 aliphatic carbocycles. The average Bonchev–Trinajstić information content (AvgIpc) is 2.39. The lowest BCUT2D eigenvalue weighted by Crippen LogP contribution is -2.27. The largest absolute Gasteiger partial charge is 0.396 e. The first-order valence-corrected chi connectivity index (χ1v) is 4.14. The normalized spacial score (nSPS) is 33.0. The number of rotatable bonds is 3. The summed E-state index contributed by atoms with van der Waals surface area (Å²) in [5.41, 5.74) is 0.231. The van der Waals surface area contributed by atoms with Gasteiger partial charge in [-0.2, -0.15) is 0 Å². The Balaban J connectivity index is 2.41. The molecule has 0 spiro atoms. The van der Waals surface area contributed by atoms with E-state index in [1.165, 1.54) is 6.42 Å². The van der Waals surface area contributed by atoms with E-state index in [2.05, 4.69) is 12.2 Å². The predicted molar refractivity (Wildman–Crippen MR) is 41.9 cm³/mol. The first kappa shape index (κ1) is 8.02. The molecule has 1 aliphatic heterocycles. The lowest BCUT2D eigenvalue weighted by molar-refractivity contribution is 0.132. The highest BCUT2D eigenvalue weighted by Crippen LogP contribution is 2.29. The summed E-state index contributed by atoms with van der Waals surface area (Å²) in [7, 11) is 0. The van der Waals surface area contributed by atoms with E-state index in [4.69, 9.17) is 5.11 Å². The zero-order chi connectivity index (χ0) is 7.45. The van der Waals surface area contributed by atoms with Gasteiger partial charge in [-0.25, -0.2) is 0 Å². The Morgan fingerprint density at radius 3 is 2.80 bits per heavy atom. The molecule has 0 aromatic rings. The van der Waals surface area contributed by atoms with E-state index in [1.807, 2.05) is 0 Å². The van der Waals surface area contributed by atoms with Crippen molar-refractivity contribution in [1.29, 1.82) is 0 Å². The molecule has 1 heterocycles. The maximum Gasteiger partial charge on any atom is 0.0500 e. The molecule has 0 amide bonds. The van der Waals surface area contributed by atoms with Crippen molar-refractivity contribution in [2.75, 3.05) is 19.7 Å². The van der Waals surface area contributed by atoms with Gasteiger partial charge >= 0.3 is 0 Å². The van der Waals surface area contributed by atoms with Crippen LogP contribution in [0.2, 0.25) is 0 Å². The molecule has 60 valence electrons. The Labute approximate surface area is 62.6 Å². The van der Waals surface area contributed by atoms with Crippen molar-refractivity contribution >= 4 is 0 Å². The molecule has 1 atom stereocenters. The van der Waals surface area contributed by atoms with Crippen molar-refractivity contribution in [2.24, 2.45) is 5.41 Å². The molecule has 2 N–H and O–H groups in total. The second kappa shape index (κ2) is 3.35. The van der Waals surface area contributed by atoms with Crippen molar-refractivity contribution in [3.63, 3.8) is 0 Å². The van der Waals surface area contributed by atoms with E-state index in [-0.39, 0.29) is 5.41 Å². The van der Waals surface area contributed by atoms with Crippen LogP contribution in [0.3, 0.4) is 0 Å². The average molecular weight is 143 g/mol. The fraction of sp³-hybridized carbons (Fsp3) is 1.00. The molecule has 0 saturated carbocycles. The van der Waals surface area contributed by atoms with E-state index in [0.717, 1.165) is 25.9 Å². The number of aliphatic hydroxyl groups excluding tert-OH is 1. The molecule has 2 heteroatoms. The molecular formula is C8H17NO. The standard InChI is InChI=1S/C8H17NO/c1-2-3-8(7-10)4-5-9-6-8/h9-10H,2-7H2,1H3/t8-/m0/s1. The molecule has 1 rings (SSSR count). The maximum absolute atomic E-state index is 9.11. The summed E-state index contributed by atoms with van der Waals surface area (Å²) in [5, 5.41) is 12.4. The van der Waals surface area contributed by atoms with Crippen molar-refractivity contribution in [1.82, 2.24) is 5.32 Å². The van der Waals surface area contributed by atoms with Crippen molar-refractivity contribution < 1.29 is 5.11 Å². The highest BCUT2D eigenvalue weighted by Gasteiger charge is 2.31. The summed E-state index contributed by atoms with van der Waals surface area (Å²) < 4.78 is 0. The quantitative estimate of drug-likeness (QED) is 0.611. The summed E-state index contributed by atoms with van der Waals surface area (Å²) in [5.74, 6) is 0. The van der Waals surface area contributed by atoms with Crippen LogP contribution in [0.5, 0.6) is 0 Å². The van der Waals surface area contributed by atoms with Crippen LogP contribution in [0.15, 0.2) is 0 Å². The molecule has 1 aliphatic rings. The Bertz CT molecular complexity index is 97.4. The second-order valence-electron chi connectivity index (χ2n) is 3.33. The van der Waals surface area contributed by atoms with Gasteiger partial charge in [-0.1, -0.05) is 13.3 Å². The minimum atomic E-state index is 0.231. The number of nitrogens with one attached hydrogen (secondary N) is 1. The molecule has 10 heavy (non-hydrogen) atoms. The van der Waals surface area contributed by atoms with E-state index >= 15 is 0 Å². The highest BCUT2D eigenvalue weighted by atomic mass is 16.3. The monoisotopic (exact) mass is 143 g/mol. The minimum Gasteiger partial charge on any atom is -0.396 e. The van der Waals surface area contributed by atoms with E-state index in [1.54, 1.807) is 0 Å². The van der Waals surface area contributed by atoms with Crippen molar-refractivity contribution in [2.45, 2.75) is 26.2 Å². The number of hydrogen-bond donors (Lipinski definition) is 2. The lowest BCUT2D eigenvalue weighted by Gasteiger charge is -2.24. The van der Waals surface area contributed by atoms with E-state index in [0.29, 0.717) is 6.61 Å². The van der Waals surface area contributed by atoms with Crippen LogP contribution >= 0.6 is 0 Å². The third kappa shape index (κ3) is 1.50. The Morgan fingerprint density at radius 2 is 2.40 bits per heavy atom. The Morgan fingerprint density at radius 1 is 1.60 bits per heavy atom. The summed E-state index contributed by atoms with van der Waals surface area (Å²) in [6.07, 6.45) is 3.50. The molecule has 0 aromatic carbocycles. The van der Waals surface area contributed by atoms with Crippen molar-refractivity contribution in [3.05, 3.63) is 0 Å². The Kier molecular flexibility index (Phi) is 2.69.